The van der Waals surface area contributed by atoms with Crippen molar-refractivity contribution in [2.45, 2.75) is 35.8 Å². The number of hydrogen-bond donors (Lipinski definition) is 1. The number of sulfone groups is 1. The molecule has 1 N–H and O–H groups in total. The van der Waals surface area contributed by atoms with E-state index in [-0.39, 0.29) is 51.6 Å². The molecule has 2 bridgehead atoms. The Kier molecular flexibility index (Phi) is 5.40. The van der Waals surface area contributed by atoms with Gasteiger partial charge < -0.3 is 5.32 Å². The number of anilines is 1. The fourth-order valence-electron chi connectivity index (χ4n) is 4.29. The van der Waals surface area contributed by atoms with Crippen molar-refractivity contribution in [2.75, 3.05) is 5.32 Å². The highest BCUT2D eigenvalue weighted by atomic mass is 35.5. The summed E-state index contributed by atoms with van der Waals surface area (Å²) in [5.41, 5.74) is 0.0400. The molecule has 0 radical (unpaired) electrons. The van der Waals surface area contributed by atoms with E-state index in [4.69, 9.17) is 11.6 Å². The molecule has 0 saturated heterocycles. The van der Waals surface area contributed by atoms with Crippen LogP contribution in [0.4, 0.5) is 14.5 Å². The minimum absolute atomic E-state index is 0.0105. The zero-order chi connectivity index (χ0) is 21.6. The minimum atomic E-state index is -3.86. The average molecular weight is 454 g/mol. The maximum Gasteiger partial charge on any atom is 0.255 e. The summed E-state index contributed by atoms with van der Waals surface area (Å²) in [5.74, 6) is -3.18. The summed E-state index contributed by atoms with van der Waals surface area (Å²) >= 11 is 6.15. The number of benzene rings is 2. The molecular weight excluding hydrogens is 436 g/mol. The highest BCUT2D eigenvalue weighted by Crippen LogP contribution is 2.43. The lowest BCUT2D eigenvalue weighted by Gasteiger charge is -2.27. The molecule has 5 nitrogen and oxygen atoms in total. The van der Waals surface area contributed by atoms with Gasteiger partial charge in [0.05, 0.1) is 15.2 Å². The second-order valence-corrected chi connectivity index (χ2v) is 10.3. The van der Waals surface area contributed by atoms with E-state index in [9.17, 15) is 26.8 Å². The molecule has 2 saturated carbocycles. The van der Waals surface area contributed by atoms with Crippen molar-refractivity contribution in [3.8, 4) is 0 Å². The monoisotopic (exact) mass is 453 g/mol. The van der Waals surface area contributed by atoms with Gasteiger partial charge in [0.1, 0.15) is 5.78 Å². The standard InChI is InChI=1S/C21H18ClF2NO4S/c22-16-5-3-13(21(27)25-14-4-6-17(23)18(24)10-14)9-19(16)30(28,29)15-7-11-1-2-12(8-15)20(11)26/h3-6,9-12,15H,1-2,7-8H2,(H,25,27). The number of nitrogens with one attached hydrogen (secondary N) is 1. The van der Waals surface area contributed by atoms with E-state index in [0.717, 1.165) is 12.1 Å². The summed E-state index contributed by atoms with van der Waals surface area (Å²) in [6, 6.07) is 6.75. The van der Waals surface area contributed by atoms with Crippen molar-refractivity contribution in [3.05, 3.63) is 58.6 Å². The van der Waals surface area contributed by atoms with Crippen molar-refractivity contribution >= 4 is 38.8 Å². The highest BCUT2D eigenvalue weighted by molar-refractivity contribution is 7.92. The van der Waals surface area contributed by atoms with E-state index in [1.165, 1.54) is 24.3 Å². The minimum Gasteiger partial charge on any atom is -0.322 e. The lowest BCUT2D eigenvalue weighted by atomic mass is 9.87. The molecule has 0 aliphatic heterocycles. The Labute approximate surface area is 177 Å². The third kappa shape index (κ3) is 3.74. The number of rotatable bonds is 4. The maximum absolute atomic E-state index is 13.4. The van der Waals surface area contributed by atoms with Crippen molar-refractivity contribution in [1.82, 2.24) is 0 Å². The van der Waals surface area contributed by atoms with Gasteiger partial charge in [0.25, 0.3) is 5.91 Å². The molecule has 158 valence electrons. The average Bonchev–Trinajstić information content (AvgIpc) is 2.91. The summed E-state index contributed by atoms with van der Waals surface area (Å²) in [6.45, 7) is 0. The molecule has 2 aromatic rings. The first kappa shape index (κ1) is 20.9. The van der Waals surface area contributed by atoms with Crippen molar-refractivity contribution in [2.24, 2.45) is 11.8 Å². The van der Waals surface area contributed by atoms with Crippen LogP contribution >= 0.6 is 11.6 Å². The van der Waals surface area contributed by atoms with Gasteiger partial charge in [-0.15, -0.1) is 0 Å². The molecule has 2 aliphatic rings. The van der Waals surface area contributed by atoms with E-state index in [2.05, 4.69) is 5.32 Å². The fourth-order valence-corrected chi connectivity index (χ4v) is 6.69. The van der Waals surface area contributed by atoms with E-state index >= 15 is 0 Å². The number of carbonyl (C=O) groups is 2. The van der Waals surface area contributed by atoms with Crippen LogP contribution in [0.1, 0.15) is 36.0 Å². The zero-order valence-corrected chi connectivity index (χ0v) is 17.3. The Bertz CT molecular complexity index is 1140. The van der Waals surface area contributed by atoms with Crippen LogP contribution in [0.5, 0.6) is 0 Å². The number of Topliss-reactive ketones (excluding diaryl/α,β-unsaturated/α-hetero) is 1. The summed E-state index contributed by atoms with van der Waals surface area (Å²) < 4.78 is 52.9. The van der Waals surface area contributed by atoms with Gasteiger partial charge in [0.15, 0.2) is 21.5 Å². The van der Waals surface area contributed by atoms with Gasteiger partial charge in [0, 0.05) is 29.2 Å². The topological polar surface area (TPSA) is 80.3 Å². The number of halogens is 3. The van der Waals surface area contributed by atoms with Crippen LogP contribution in [0.25, 0.3) is 0 Å². The molecule has 2 fully saturated rings. The van der Waals surface area contributed by atoms with Gasteiger partial charge in [-0.25, -0.2) is 17.2 Å². The molecule has 0 spiro atoms. The molecule has 9 heteroatoms. The Morgan fingerprint density at radius 2 is 1.67 bits per heavy atom. The quantitative estimate of drug-likeness (QED) is 0.744. The summed E-state index contributed by atoms with van der Waals surface area (Å²) in [6.07, 6.45) is 1.94. The van der Waals surface area contributed by atoms with E-state index in [1.54, 1.807) is 0 Å². The van der Waals surface area contributed by atoms with Gasteiger partial charge in [-0.1, -0.05) is 11.6 Å². The number of hydrogen-bond acceptors (Lipinski definition) is 4. The first-order chi connectivity index (χ1) is 14.2. The second kappa shape index (κ2) is 7.74. The molecule has 4 rings (SSSR count). The third-order valence-electron chi connectivity index (χ3n) is 5.88. The van der Waals surface area contributed by atoms with Crippen LogP contribution in [0, 0.1) is 23.5 Å². The van der Waals surface area contributed by atoms with Crippen LogP contribution in [-0.2, 0) is 14.6 Å². The van der Waals surface area contributed by atoms with Crippen molar-refractivity contribution in [1.29, 1.82) is 0 Å². The maximum atomic E-state index is 13.4. The number of ketones is 1. The number of carbonyl (C=O) groups excluding carboxylic acids is 2. The van der Waals surface area contributed by atoms with Crippen LogP contribution in [0.3, 0.4) is 0 Å². The van der Waals surface area contributed by atoms with Gasteiger partial charge >= 0.3 is 0 Å². The van der Waals surface area contributed by atoms with Crippen LogP contribution in [0.2, 0.25) is 5.02 Å². The van der Waals surface area contributed by atoms with Crippen molar-refractivity contribution < 1.29 is 26.8 Å². The zero-order valence-electron chi connectivity index (χ0n) is 15.7. The molecule has 0 aromatic heterocycles. The second-order valence-electron chi connectivity index (χ2n) is 7.74. The number of fused-ring (bicyclic) bond motifs is 2. The Hall–Kier alpha value is -2.32. The molecule has 2 aromatic carbocycles. The third-order valence-corrected chi connectivity index (χ3v) is 8.53. The smallest absolute Gasteiger partial charge is 0.255 e. The summed E-state index contributed by atoms with van der Waals surface area (Å²) in [5, 5.41) is 1.67. The van der Waals surface area contributed by atoms with Crippen LogP contribution in [-0.4, -0.2) is 25.4 Å². The molecule has 1 amide bonds. The van der Waals surface area contributed by atoms with Crippen LogP contribution < -0.4 is 5.32 Å². The SMILES string of the molecule is O=C(Nc1ccc(F)c(F)c1)c1ccc(Cl)c(S(=O)(=O)C2CC3CCC(C2)C3=O)c1. The normalized spacial score (nSPS) is 23.4. The predicted octanol–water partition coefficient (Wildman–Crippen LogP) is 4.40. The molecule has 2 unspecified atom stereocenters. The van der Waals surface area contributed by atoms with Crippen molar-refractivity contribution in [3.63, 3.8) is 0 Å². The summed E-state index contributed by atoms with van der Waals surface area (Å²) in [7, 11) is -3.86. The molecule has 30 heavy (non-hydrogen) atoms. The Balaban J connectivity index is 1.60. The highest BCUT2D eigenvalue weighted by Gasteiger charge is 2.46. The first-order valence-electron chi connectivity index (χ1n) is 9.50. The fraction of sp³-hybridized carbons (Fsp3) is 0.333. The Morgan fingerprint density at radius 3 is 2.30 bits per heavy atom. The van der Waals surface area contributed by atoms with Gasteiger partial charge in [-0.05, 0) is 56.0 Å². The van der Waals surface area contributed by atoms with Crippen LogP contribution in [0.15, 0.2) is 41.3 Å². The van der Waals surface area contributed by atoms with E-state index in [0.29, 0.717) is 12.8 Å². The lowest BCUT2D eigenvalue weighted by Crippen LogP contribution is -2.34. The Morgan fingerprint density at radius 1 is 1.00 bits per heavy atom. The van der Waals surface area contributed by atoms with E-state index < -0.39 is 32.6 Å². The van der Waals surface area contributed by atoms with Gasteiger partial charge in [-0.3, -0.25) is 9.59 Å². The van der Waals surface area contributed by atoms with Gasteiger partial charge in [0.2, 0.25) is 0 Å². The molecule has 0 heterocycles. The number of amides is 1. The summed E-state index contributed by atoms with van der Waals surface area (Å²) in [4.78, 5) is 24.5. The predicted molar refractivity (Wildman–Crippen MR) is 107 cm³/mol. The largest absolute Gasteiger partial charge is 0.322 e. The van der Waals surface area contributed by atoms with Gasteiger partial charge in [-0.2, -0.15) is 0 Å². The lowest BCUT2D eigenvalue weighted by molar-refractivity contribution is -0.125. The molecule has 2 atom stereocenters. The molecular formula is C21H18ClF2NO4S. The first-order valence-corrected chi connectivity index (χ1v) is 11.4. The molecule has 2 aliphatic carbocycles. The van der Waals surface area contributed by atoms with E-state index in [1.807, 2.05) is 0 Å².